The van der Waals surface area contributed by atoms with Crippen molar-refractivity contribution in [1.82, 2.24) is 15.8 Å². The Bertz CT molecular complexity index is 598. The summed E-state index contributed by atoms with van der Waals surface area (Å²) in [5, 5.41) is 9.43. The minimum Gasteiger partial charge on any atom is -0.361 e. The molecule has 5 nitrogen and oxygen atoms in total. The predicted molar refractivity (Wildman–Crippen MR) is 79.2 cm³/mol. The first kappa shape index (κ1) is 14.6. The first-order valence-electron chi connectivity index (χ1n) is 6.27. The number of hydrogen-bond donors (Lipinski definition) is 2. The van der Waals surface area contributed by atoms with E-state index < -0.39 is 0 Å². The van der Waals surface area contributed by atoms with E-state index >= 15 is 0 Å². The Morgan fingerprint density at radius 3 is 2.85 bits per heavy atom. The topological polar surface area (TPSA) is 67.2 Å². The maximum Gasteiger partial charge on any atom is 0.315 e. The Morgan fingerprint density at radius 2 is 2.20 bits per heavy atom. The van der Waals surface area contributed by atoms with Crippen molar-refractivity contribution in [3.8, 4) is 0 Å². The van der Waals surface area contributed by atoms with Crippen LogP contribution in [0.4, 0.5) is 4.79 Å². The van der Waals surface area contributed by atoms with Crippen molar-refractivity contribution in [2.75, 3.05) is 0 Å². The van der Waals surface area contributed by atoms with Gasteiger partial charge in [0.1, 0.15) is 11.5 Å². The second-order valence-corrected chi connectivity index (χ2v) is 5.35. The van der Waals surface area contributed by atoms with Gasteiger partial charge in [-0.15, -0.1) is 0 Å². The molecule has 1 atom stereocenters. The molecule has 0 aliphatic heterocycles. The smallest absolute Gasteiger partial charge is 0.315 e. The highest BCUT2D eigenvalue weighted by atomic mass is 79.9. The number of benzene rings is 1. The van der Waals surface area contributed by atoms with Crippen LogP contribution in [0.3, 0.4) is 0 Å². The molecule has 2 amide bonds. The molecule has 0 saturated heterocycles. The first-order valence-corrected chi connectivity index (χ1v) is 7.06. The van der Waals surface area contributed by atoms with Gasteiger partial charge in [-0.1, -0.05) is 39.3 Å². The highest BCUT2D eigenvalue weighted by molar-refractivity contribution is 9.10. The first-order chi connectivity index (χ1) is 9.56. The molecule has 2 rings (SSSR count). The standard InChI is InChI=1S/C14H16BrN3O2/c1-9-7-11(18-20-9)8-16-14(19)17-10(2)12-5-3-4-6-13(12)15/h3-7,10H,8H2,1-2H3,(H2,16,17,19)/t10-/m1/s1. The zero-order valence-electron chi connectivity index (χ0n) is 11.3. The van der Waals surface area contributed by atoms with Gasteiger partial charge in [-0.25, -0.2) is 4.79 Å². The number of aryl methyl sites for hydroxylation is 1. The average molecular weight is 338 g/mol. The Labute approximate surface area is 125 Å². The van der Waals surface area contributed by atoms with Crippen LogP contribution in [0.25, 0.3) is 0 Å². The van der Waals surface area contributed by atoms with Crippen molar-refractivity contribution in [2.45, 2.75) is 26.4 Å². The highest BCUT2D eigenvalue weighted by Crippen LogP contribution is 2.22. The van der Waals surface area contributed by atoms with Crippen LogP contribution < -0.4 is 10.6 Å². The van der Waals surface area contributed by atoms with Crippen LogP contribution in [0.15, 0.2) is 39.3 Å². The molecule has 1 aromatic carbocycles. The molecule has 0 spiro atoms. The molecule has 1 aromatic heterocycles. The molecule has 20 heavy (non-hydrogen) atoms. The largest absolute Gasteiger partial charge is 0.361 e. The van der Waals surface area contributed by atoms with Crippen molar-refractivity contribution >= 4 is 22.0 Å². The molecule has 106 valence electrons. The molecule has 2 N–H and O–H groups in total. The van der Waals surface area contributed by atoms with Crippen molar-refractivity contribution < 1.29 is 9.32 Å². The van der Waals surface area contributed by atoms with Crippen molar-refractivity contribution in [3.05, 3.63) is 51.8 Å². The van der Waals surface area contributed by atoms with Gasteiger partial charge in [-0.05, 0) is 25.5 Å². The number of aromatic nitrogens is 1. The molecule has 6 heteroatoms. The number of carbonyl (C=O) groups excluding carboxylic acids is 1. The zero-order valence-corrected chi connectivity index (χ0v) is 12.9. The summed E-state index contributed by atoms with van der Waals surface area (Å²) >= 11 is 3.47. The number of urea groups is 1. The number of carbonyl (C=O) groups is 1. The van der Waals surface area contributed by atoms with Crippen LogP contribution in [0.1, 0.15) is 30.0 Å². The fourth-order valence-corrected chi connectivity index (χ4v) is 2.45. The van der Waals surface area contributed by atoms with Gasteiger partial charge in [-0.2, -0.15) is 0 Å². The summed E-state index contributed by atoms with van der Waals surface area (Å²) in [6.07, 6.45) is 0. The molecular formula is C14H16BrN3O2. The highest BCUT2D eigenvalue weighted by Gasteiger charge is 2.12. The van der Waals surface area contributed by atoms with Crippen LogP contribution in [0, 0.1) is 6.92 Å². The summed E-state index contributed by atoms with van der Waals surface area (Å²) in [5.74, 6) is 0.726. The van der Waals surface area contributed by atoms with E-state index in [9.17, 15) is 4.79 Å². The zero-order chi connectivity index (χ0) is 14.5. The van der Waals surface area contributed by atoms with Gasteiger partial charge in [0.25, 0.3) is 0 Å². The number of halogens is 1. The second-order valence-electron chi connectivity index (χ2n) is 4.50. The molecule has 2 aromatic rings. The maximum atomic E-state index is 11.8. The Hall–Kier alpha value is -1.82. The van der Waals surface area contributed by atoms with Crippen molar-refractivity contribution in [1.29, 1.82) is 0 Å². The molecule has 0 radical (unpaired) electrons. The fourth-order valence-electron chi connectivity index (χ4n) is 1.82. The van der Waals surface area contributed by atoms with Gasteiger partial charge >= 0.3 is 6.03 Å². The lowest BCUT2D eigenvalue weighted by Crippen LogP contribution is -2.36. The van der Waals surface area contributed by atoms with Crippen LogP contribution in [0.5, 0.6) is 0 Å². The van der Waals surface area contributed by atoms with E-state index in [-0.39, 0.29) is 12.1 Å². The third-order valence-corrected chi connectivity index (χ3v) is 3.55. The quantitative estimate of drug-likeness (QED) is 0.899. The number of amides is 2. The Balaban J connectivity index is 1.87. The van der Waals surface area contributed by atoms with Gasteiger partial charge in [-0.3, -0.25) is 0 Å². The van der Waals surface area contributed by atoms with E-state index in [1.165, 1.54) is 0 Å². The van der Waals surface area contributed by atoms with Gasteiger partial charge in [0, 0.05) is 10.5 Å². The summed E-state index contributed by atoms with van der Waals surface area (Å²) in [6.45, 7) is 4.08. The van der Waals surface area contributed by atoms with Gasteiger partial charge in [0.2, 0.25) is 0 Å². The van der Waals surface area contributed by atoms with E-state index in [4.69, 9.17) is 4.52 Å². The number of hydrogen-bond acceptors (Lipinski definition) is 3. The van der Waals surface area contributed by atoms with Gasteiger partial charge < -0.3 is 15.2 Å². The summed E-state index contributed by atoms with van der Waals surface area (Å²) < 4.78 is 5.91. The lowest BCUT2D eigenvalue weighted by atomic mass is 10.1. The van der Waals surface area contributed by atoms with E-state index in [1.54, 1.807) is 6.07 Å². The lowest BCUT2D eigenvalue weighted by molar-refractivity contribution is 0.237. The minimum absolute atomic E-state index is 0.0929. The van der Waals surface area contributed by atoms with E-state index in [0.29, 0.717) is 12.2 Å². The predicted octanol–water partition coefficient (Wildman–Crippen LogP) is 3.31. The third-order valence-electron chi connectivity index (χ3n) is 2.83. The van der Waals surface area contributed by atoms with Crippen LogP contribution in [-0.2, 0) is 6.54 Å². The van der Waals surface area contributed by atoms with Crippen LogP contribution >= 0.6 is 15.9 Å². The van der Waals surface area contributed by atoms with Gasteiger partial charge in [0.05, 0.1) is 12.6 Å². The SMILES string of the molecule is Cc1cc(CNC(=O)N[C@H](C)c2ccccc2Br)no1. The molecule has 0 aliphatic carbocycles. The Kier molecular flexibility index (Phi) is 4.79. The van der Waals surface area contributed by atoms with E-state index in [0.717, 1.165) is 15.8 Å². The third kappa shape index (κ3) is 3.84. The molecule has 0 fully saturated rings. The number of nitrogens with one attached hydrogen (secondary N) is 2. The summed E-state index contributed by atoms with van der Waals surface area (Å²) in [5.41, 5.74) is 1.73. The second kappa shape index (κ2) is 6.56. The average Bonchev–Trinajstić information content (AvgIpc) is 2.82. The molecule has 0 saturated carbocycles. The molecule has 1 heterocycles. The van der Waals surface area contributed by atoms with Crippen molar-refractivity contribution in [3.63, 3.8) is 0 Å². The number of nitrogens with zero attached hydrogens (tertiary/aromatic N) is 1. The molecule has 0 aliphatic rings. The molecule has 0 bridgehead atoms. The van der Waals surface area contributed by atoms with E-state index in [2.05, 4.69) is 31.7 Å². The van der Waals surface area contributed by atoms with Crippen molar-refractivity contribution in [2.24, 2.45) is 0 Å². The minimum atomic E-state index is -0.242. The molecule has 0 unspecified atom stereocenters. The normalized spacial score (nSPS) is 11.9. The summed E-state index contributed by atoms with van der Waals surface area (Å²) in [7, 11) is 0. The van der Waals surface area contributed by atoms with E-state index in [1.807, 2.05) is 38.1 Å². The molecular weight excluding hydrogens is 322 g/mol. The number of rotatable bonds is 4. The lowest BCUT2D eigenvalue weighted by Gasteiger charge is -2.16. The van der Waals surface area contributed by atoms with Crippen LogP contribution in [-0.4, -0.2) is 11.2 Å². The fraction of sp³-hybridized carbons (Fsp3) is 0.286. The van der Waals surface area contributed by atoms with Crippen LogP contribution in [0.2, 0.25) is 0 Å². The summed E-state index contributed by atoms with van der Waals surface area (Å²) in [4.78, 5) is 11.8. The van der Waals surface area contributed by atoms with Gasteiger partial charge in [0.15, 0.2) is 0 Å². The maximum absolute atomic E-state index is 11.8. The Morgan fingerprint density at radius 1 is 1.45 bits per heavy atom. The monoisotopic (exact) mass is 337 g/mol. The summed E-state index contributed by atoms with van der Waals surface area (Å²) in [6, 6.07) is 9.25.